The Morgan fingerprint density at radius 3 is 2.26 bits per heavy atom. The number of benzene rings is 1. The zero-order chi connectivity index (χ0) is 13.9. The van der Waals surface area contributed by atoms with Crippen LogP contribution in [0.4, 0.5) is 0 Å². The molecule has 0 radical (unpaired) electrons. The normalized spacial score (nSPS) is 22.8. The summed E-state index contributed by atoms with van der Waals surface area (Å²) < 4.78 is 10.5. The summed E-state index contributed by atoms with van der Waals surface area (Å²) in [5, 5.41) is 3.27. The molecule has 3 N–H and O–H groups in total. The molecular formula is C14H20N2O3. The van der Waals surface area contributed by atoms with Gasteiger partial charge in [-0.2, -0.15) is 0 Å². The lowest BCUT2D eigenvalue weighted by molar-refractivity contribution is -0.125. The van der Waals surface area contributed by atoms with Gasteiger partial charge >= 0.3 is 0 Å². The van der Waals surface area contributed by atoms with Crippen LogP contribution >= 0.6 is 0 Å². The van der Waals surface area contributed by atoms with E-state index in [1.807, 2.05) is 12.1 Å². The standard InChI is InChI=1S/C14H20N2O3/c1-18-11-7-10(8-12(9-11)19-2)14(13(15)17)5-3-4-6-16-14/h7-9,16H,3-6H2,1-2H3,(H2,15,17). The van der Waals surface area contributed by atoms with Gasteiger partial charge < -0.3 is 15.2 Å². The number of carbonyl (C=O) groups is 1. The van der Waals surface area contributed by atoms with E-state index in [-0.39, 0.29) is 5.91 Å². The molecule has 1 saturated heterocycles. The van der Waals surface area contributed by atoms with Crippen LogP contribution in [0.5, 0.6) is 11.5 Å². The number of rotatable bonds is 4. The van der Waals surface area contributed by atoms with E-state index in [0.29, 0.717) is 17.9 Å². The summed E-state index contributed by atoms with van der Waals surface area (Å²) in [4.78, 5) is 12.0. The second kappa shape index (κ2) is 5.48. The highest BCUT2D eigenvalue weighted by atomic mass is 16.5. The summed E-state index contributed by atoms with van der Waals surface area (Å²) in [7, 11) is 3.17. The Kier molecular flexibility index (Phi) is 3.95. The van der Waals surface area contributed by atoms with Gasteiger partial charge in [0.2, 0.25) is 5.91 Å². The van der Waals surface area contributed by atoms with E-state index in [1.54, 1.807) is 20.3 Å². The number of nitrogens with one attached hydrogen (secondary N) is 1. The summed E-state index contributed by atoms with van der Waals surface area (Å²) in [6.45, 7) is 0.780. The van der Waals surface area contributed by atoms with Gasteiger partial charge in [-0.15, -0.1) is 0 Å². The zero-order valence-corrected chi connectivity index (χ0v) is 11.4. The van der Waals surface area contributed by atoms with Crippen molar-refractivity contribution >= 4 is 5.91 Å². The van der Waals surface area contributed by atoms with Crippen LogP contribution in [0.25, 0.3) is 0 Å². The van der Waals surface area contributed by atoms with Gasteiger partial charge in [0.25, 0.3) is 0 Å². The number of piperidine rings is 1. The van der Waals surface area contributed by atoms with Crippen LogP contribution in [0.15, 0.2) is 18.2 Å². The van der Waals surface area contributed by atoms with Crippen molar-refractivity contribution in [1.29, 1.82) is 0 Å². The van der Waals surface area contributed by atoms with Gasteiger partial charge in [-0.25, -0.2) is 0 Å². The minimum absolute atomic E-state index is 0.359. The molecule has 1 aliphatic rings. The first-order chi connectivity index (χ1) is 9.12. The molecule has 19 heavy (non-hydrogen) atoms. The predicted molar refractivity (Wildman–Crippen MR) is 72.3 cm³/mol. The lowest BCUT2D eigenvalue weighted by Gasteiger charge is -2.36. The molecule has 1 aromatic carbocycles. The molecule has 1 fully saturated rings. The van der Waals surface area contributed by atoms with Gasteiger partial charge in [-0.1, -0.05) is 0 Å². The molecule has 0 aliphatic carbocycles. The third-order valence-electron chi connectivity index (χ3n) is 3.67. The first kappa shape index (κ1) is 13.7. The highest BCUT2D eigenvalue weighted by Gasteiger charge is 2.40. The van der Waals surface area contributed by atoms with Crippen LogP contribution in [-0.4, -0.2) is 26.7 Å². The monoisotopic (exact) mass is 264 g/mol. The zero-order valence-electron chi connectivity index (χ0n) is 11.4. The van der Waals surface area contributed by atoms with Crippen LogP contribution in [0.3, 0.4) is 0 Å². The second-order valence-electron chi connectivity index (χ2n) is 4.75. The molecule has 5 nitrogen and oxygen atoms in total. The van der Waals surface area contributed by atoms with Crippen molar-refractivity contribution in [2.75, 3.05) is 20.8 Å². The van der Waals surface area contributed by atoms with Crippen molar-refractivity contribution in [2.45, 2.75) is 24.8 Å². The van der Waals surface area contributed by atoms with Crippen LogP contribution in [-0.2, 0) is 10.3 Å². The Morgan fingerprint density at radius 2 is 1.84 bits per heavy atom. The van der Waals surface area contributed by atoms with E-state index in [0.717, 1.165) is 24.9 Å². The molecule has 1 unspecified atom stereocenters. The third kappa shape index (κ3) is 2.51. The molecule has 104 valence electrons. The first-order valence-corrected chi connectivity index (χ1v) is 6.41. The van der Waals surface area contributed by atoms with Crippen molar-refractivity contribution in [3.05, 3.63) is 23.8 Å². The minimum Gasteiger partial charge on any atom is -0.497 e. The maximum Gasteiger partial charge on any atom is 0.242 e. The second-order valence-corrected chi connectivity index (χ2v) is 4.75. The molecule has 0 spiro atoms. The summed E-state index contributed by atoms with van der Waals surface area (Å²) in [6, 6.07) is 5.46. The van der Waals surface area contributed by atoms with Crippen LogP contribution in [0.2, 0.25) is 0 Å². The Balaban J connectivity index is 2.49. The largest absolute Gasteiger partial charge is 0.497 e. The van der Waals surface area contributed by atoms with E-state index < -0.39 is 5.54 Å². The highest BCUT2D eigenvalue weighted by molar-refractivity contribution is 5.86. The summed E-state index contributed by atoms with van der Waals surface area (Å²) in [5.74, 6) is 0.951. The molecular weight excluding hydrogens is 244 g/mol. The number of amides is 1. The van der Waals surface area contributed by atoms with Crippen molar-refractivity contribution in [3.8, 4) is 11.5 Å². The quantitative estimate of drug-likeness (QED) is 0.856. The van der Waals surface area contributed by atoms with Gasteiger partial charge in [0.05, 0.1) is 14.2 Å². The molecule has 5 heteroatoms. The van der Waals surface area contributed by atoms with Crippen molar-refractivity contribution < 1.29 is 14.3 Å². The predicted octanol–water partition coefficient (Wildman–Crippen LogP) is 1.16. The van der Waals surface area contributed by atoms with Gasteiger partial charge in [0.1, 0.15) is 17.0 Å². The molecule has 1 aliphatic heterocycles. The molecule has 1 atom stereocenters. The molecule has 2 rings (SSSR count). The molecule has 0 bridgehead atoms. The van der Waals surface area contributed by atoms with Gasteiger partial charge in [-0.05, 0) is 43.5 Å². The topological polar surface area (TPSA) is 73.6 Å². The Bertz CT molecular complexity index is 446. The Hall–Kier alpha value is -1.75. The summed E-state index contributed by atoms with van der Waals surface area (Å²) in [5.41, 5.74) is 5.62. The van der Waals surface area contributed by atoms with Crippen LogP contribution < -0.4 is 20.5 Å². The molecule has 1 heterocycles. The number of hydrogen-bond donors (Lipinski definition) is 2. The fourth-order valence-electron chi connectivity index (χ4n) is 2.56. The molecule has 0 saturated carbocycles. The average Bonchev–Trinajstić information content (AvgIpc) is 2.47. The Labute approximate surface area is 113 Å². The third-order valence-corrected chi connectivity index (χ3v) is 3.67. The van der Waals surface area contributed by atoms with Crippen molar-refractivity contribution in [3.63, 3.8) is 0 Å². The van der Waals surface area contributed by atoms with E-state index in [1.165, 1.54) is 0 Å². The number of carbonyl (C=O) groups excluding carboxylic acids is 1. The maximum absolute atomic E-state index is 12.0. The average molecular weight is 264 g/mol. The summed E-state index contributed by atoms with van der Waals surface area (Å²) in [6.07, 6.45) is 2.71. The maximum atomic E-state index is 12.0. The fraction of sp³-hybridized carbons (Fsp3) is 0.500. The van der Waals surface area contributed by atoms with E-state index >= 15 is 0 Å². The van der Waals surface area contributed by atoms with E-state index in [9.17, 15) is 4.79 Å². The lowest BCUT2D eigenvalue weighted by atomic mass is 9.81. The van der Waals surface area contributed by atoms with Gasteiger partial charge in [0.15, 0.2) is 0 Å². The van der Waals surface area contributed by atoms with Gasteiger partial charge in [0, 0.05) is 6.07 Å². The fourth-order valence-corrected chi connectivity index (χ4v) is 2.56. The number of nitrogens with two attached hydrogens (primary N) is 1. The van der Waals surface area contributed by atoms with Gasteiger partial charge in [-0.3, -0.25) is 10.1 Å². The number of hydrogen-bond acceptors (Lipinski definition) is 4. The Morgan fingerprint density at radius 1 is 1.21 bits per heavy atom. The summed E-state index contributed by atoms with van der Waals surface area (Å²) >= 11 is 0. The first-order valence-electron chi connectivity index (χ1n) is 6.41. The number of methoxy groups -OCH3 is 2. The lowest BCUT2D eigenvalue weighted by Crippen LogP contribution is -2.55. The van der Waals surface area contributed by atoms with Crippen molar-refractivity contribution in [1.82, 2.24) is 5.32 Å². The van der Waals surface area contributed by atoms with Crippen molar-refractivity contribution in [2.24, 2.45) is 5.73 Å². The van der Waals surface area contributed by atoms with Crippen LogP contribution in [0.1, 0.15) is 24.8 Å². The number of ether oxygens (including phenoxy) is 2. The number of primary amides is 1. The molecule has 0 aromatic heterocycles. The minimum atomic E-state index is -0.819. The highest BCUT2D eigenvalue weighted by Crippen LogP contribution is 2.35. The molecule has 1 aromatic rings. The van der Waals surface area contributed by atoms with E-state index in [4.69, 9.17) is 15.2 Å². The van der Waals surface area contributed by atoms with Crippen LogP contribution in [0, 0.1) is 0 Å². The molecule has 1 amide bonds. The SMILES string of the molecule is COc1cc(OC)cc(C2(C(N)=O)CCCCN2)c1. The van der Waals surface area contributed by atoms with E-state index in [2.05, 4.69) is 5.32 Å². The smallest absolute Gasteiger partial charge is 0.242 e.